The number of urea groups is 1. The SMILES string of the molecule is CCN(CC)C(=O)N[C@H]1C[C@@H]2c3cc(N)cc4c3c(cn4C)C[C@H]2N(C)C1. The fourth-order valence-electron chi connectivity index (χ4n) is 5.18. The van der Waals surface area contributed by atoms with Crippen LogP contribution in [0.5, 0.6) is 0 Å². The third-order valence-electron chi connectivity index (χ3n) is 6.51. The number of aromatic nitrogens is 1. The first-order valence-corrected chi connectivity index (χ1v) is 10.1. The van der Waals surface area contributed by atoms with Crippen molar-refractivity contribution in [3.05, 3.63) is 29.5 Å². The number of nitrogen functional groups attached to an aromatic ring is 1. The fourth-order valence-corrected chi connectivity index (χ4v) is 5.18. The van der Waals surface area contributed by atoms with Crippen molar-refractivity contribution in [2.75, 3.05) is 32.4 Å². The molecular formula is C21H31N5O. The summed E-state index contributed by atoms with van der Waals surface area (Å²) in [6.45, 7) is 6.41. The number of hydrogen-bond acceptors (Lipinski definition) is 3. The molecule has 1 aromatic heterocycles. The van der Waals surface area contributed by atoms with Gasteiger partial charge in [-0.15, -0.1) is 0 Å². The van der Waals surface area contributed by atoms with Crippen LogP contribution in [0.2, 0.25) is 0 Å². The van der Waals surface area contributed by atoms with E-state index in [0.29, 0.717) is 12.0 Å². The lowest BCUT2D eigenvalue weighted by atomic mass is 9.74. The van der Waals surface area contributed by atoms with Crippen LogP contribution in [0.4, 0.5) is 10.5 Å². The average Bonchev–Trinajstić information content (AvgIpc) is 2.93. The standard InChI is InChI=1S/C21H31N5O/c1-5-26(6-2)21(27)23-15-10-16-17-8-14(22)9-19-20(17)13(11-24(19)3)7-18(16)25(4)12-15/h8-9,11,15-16,18H,5-7,10,12,22H2,1-4H3,(H,23,27)/t15-,16+,18+/m0/s1. The number of likely N-dealkylation sites (tertiary alicyclic amines) is 1. The Labute approximate surface area is 161 Å². The van der Waals surface area contributed by atoms with Gasteiger partial charge < -0.3 is 25.4 Å². The van der Waals surface area contributed by atoms with E-state index in [-0.39, 0.29) is 12.1 Å². The average molecular weight is 370 g/mol. The lowest BCUT2D eigenvalue weighted by molar-refractivity contribution is 0.124. The maximum atomic E-state index is 12.6. The van der Waals surface area contributed by atoms with Gasteiger partial charge in [0.25, 0.3) is 0 Å². The maximum absolute atomic E-state index is 12.6. The van der Waals surface area contributed by atoms with E-state index in [1.54, 1.807) is 0 Å². The minimum absolute atomic E-state index is 0.0470. The molecule has 1 saturated heterocycles. The fraction of sp³-hybridized carbons (Fsp3) is 0.571. The first-order valence-electron chi connectivity index (χ1n) is 10.1. The summed E-state index contributed by atoms with van der Waals surface area (Å²) in [4.78, 5) is 16.8. The molecule has 1 aliphatic heterocycles. The quantitative estimate of drug-likeness (QED) is 0.817. The monoisotopic (exact) mass is 369 g/mol. The van der Waals surface area contributed by atoms with Gasteiger partial charge in [0.2, 0.25) is 0 Å². The molecule has 4 rings (SSSR count). The molecule has 2 aromatic rings. The van der Waals surface area contributed by atoms with Gasteiger partial charge in [-0.2, -0.15) is 0 Å². The van der Waals surface area contributed by atoms with Gasteiger partial charge in [0, 0.05) is 62.0 Å². The van der Waals surface area contributed by atoms with Gasteiger partial charge in [-0.3, -0.25) is 0 Å². The largest absolute Gasteiger partial charge is 0.399 e. The van der Waals surface area contributed by atoms with Crippen molar-refractivity contribution in [2.45, 2.75) is 44.7 Å². The molecule has 1 aliphatic carbocycles. The molecule has 3 atom stereocenters. The van der Waals surface area contributed by atoms with Crippen molar-refractivity contribution in [1.29, 1.82) is 0 Å². The second-order valence-corrected chi connectivity index (χ2v) is 8.14. The van der Waals surface area contributed by atoms with E-state index in [1.807, 2.05) is 18.7 Å². The van der Waals surface area contributed by atoms with Crippen molar-refractivity contribution >= 4 is 22.6 Å². The number of benzene rings is 1. The number of carbonyl (C=O) groups is 1. The van der Waals surface area contributed by atoms with Gasteiger partial charge in [-0.25, -0.2) is 4.79 Å². The number of carbonyl (C=O) groups excluding carboxylic acids is 1. The molecule has 0 bridgehead atoms. The number of amides is 2. The number of nitrogens with two attached hydrogens (primary N) is 1. The van der Waals surface area contributed by atoms with Crippen LogP contribution in [0.15, 0.2) is 18.3 Å². The van der Waals surface area contributed by atoms with Crippen LogP contribution in [-0.2, 0) is 13.5 Å². The van der Waals surface area contributed by atoms with E-state index in [2.05, 4.69) is 47.2 Å². The van der Waals surface area contributed by atoms with Crippen LogP contribution in [0.1, 0.15) is 37.3 Å². The Morgan fingerprint density at radius 2 is 2.04 bits per heavy atom. The number of piperidine rings is 1. The third kappa shape index (κ3) is 2.96. The highest BCUT2D eigenvalue weighted by Crippen LogP contribution is 2.44. The third-order valence-corrected chi connectivity index (χ3v) is 6.51. The van der Waals surface area contributed by atoms with E-state index in [4.69, 9.17) is 5.73 Å². The first-order chi connectivity index (χ1) is 12.9. The topological polar surface area (TPSA) is 66.5 Å². The lowest BCUT2D eigenvalue weighted by Crippen LogP contribution is -2.56. The Hall–Kier alpha value is -2.21. The number of nitrogens with zero attached hydrogens (tertiary/aromatic N) is 3. The molecule has 2 amide bonds. The molecule has 1 fully saturated rings. The summed E-state index contributed by atoms with van der Waals surface area (Å²) < 4.78 is 2.20. The van der Waals surface area contributed by atoms with Crippen LogP contribution < -0.4 is 11.1 Å². The Morgan fingerprint density at radius 1 is 1.30 bits per heavy atom. The normalized spacial score (nSPS) is 24.7. The summed E-state index contributed by atoms with van der Waals surface area (Å²) >= 11 is 0. The lowest BCUT2D eigenvalue weighted by Gasteiger charge is -2.46. The molecule has 3 N–H and O–H groups in total. The van der Waals surface area contributed by atoms with Gasteiger partial charge in [0.15, 0.2) is 0 Å². The smallest absolute Gasteiger partial charge is 0.317 e. The Morgan fingerprint density at radius 3 is 2.74 bits per heavy atom. The highest BCUT2D eigenvalue weighted by atomic mass is 16.2. The molecular weight excluding hydrogens is 338 g/mol. The zero-order valence-corrected chi connectivity index (χ0v) is 16.8. The number of hydrogen-bond donors (Lipinski definition) is 2. The van der Waals surface area contributed by atoms with Gasteiger partial charge >= 0.3 is 6.03 Å². The molecule has 6 nitrogen and oxygen atoms in total. The summed E-state index contributed by atoms with van der Waals surface area (Å²) in [6, 6.07) is 4.91. The Kier molecular flexibility index (Phi) is 4.54. The number of aryl methyl sites for hydroxylation is 1. The number of likely N-dealkylation sites (N-methyl/N-ethyl adjacent to an activating group) is 1. The summed E-state index contributed by atoms with van der Waals surface area (Å²) in [6.07, 6.45) is 4.28. The summed E-state index contributed by atoms with van der Waals surface area (Å²) in [5, 5.41) is 4.64. The summed E-state index contributed by atoms with van der Waals surface area (Å²) in [5.41, 5.74) is 11.1. The van der Waals surface area contributed by atoms with E-state index >= 15 is 0 Å². The van der Waals surface area contributed by atoms with Crippen molar-refractivity contribution < 1.29 is 4.79 Å². The zero-order chi connectivity index (χ0) is 19.3. The highest BCUT2D eigenvalue weighted by molar-refractivity contribution is 5.91. The number of rotatable bonds is 3. The summed E-state index contributed by atoms with van der Waals surface area (Å²) in [7, 11) is 4.28. The second kappa shape index (κ2) is 6.75. The van der Waals surface area contributed by atoms with Crippen LogP contribution in [0.25, 0.3) is 10.9 Å². The van der Waals surface area contributed by atoms with Crippen molar-refractivity contribution in [3.63, 3.8) is 0 Å². The Bertz CT molecular complexity index is 869. The van der Waals surface area contributed by atoms with Crippen LogP contribution in [-0.4, -0.2) is 59.2 Å². The summed E-state index contributed by atoms with van der Waals surface area (Å²) in [5.74, 6) is 0.395. The molecule has 2 heterocycles. The highest BCUT2D eigenvalue weighted by Gasteiger charge is 2.40. The molecule has 0 radical (unpaired) electrons. The Balaban J connectivity index is 1.66. The van der Waals surface area contributed by atoms with Crippen molar-refractivity contribution in [1.82, 2.24) is 19.7 Å². The van der Waals surface area contributed by atoms with E-state index in [1.165, 1.54) is 22.0 Å². The molecule has 0 unspecified atom stereocenters. The van der Waals surface area contributed by atoms with Crippen LogP contribution in [0.3, 0.4) is 0 Å². The molecule has 146 valence electrons. The van der Waals surface area contributed by atoms with Crippen LogP contribution >= 0.6 is 0 Å². The van der Waals surface area contributed by atoms with Crippen LogP contribution in [0, 0.1) is 0 Å². The van der Waals surface area contributed by atoms with E-state index < -0.39 is 0 Å². The molecule has 1 aromatic carbocycles. The number of fused-ring (bicyclic) bond motifs is 2. The molecule has 2 aliphatic rings. The van der Waals surface area contributed by atoms with Crippen molar-refractivity contribution in [2.24, 2.45) is 7.05 Å². The molecule has 27 heavy (non-hydrogen) atoms. The van der Waals surface area contributed by atoms with Gasteiger partial charge in [0.1, 0.15) is 0 Å². The first kappa shape index (κ1) is 18.2. The minimum atomic E-state index is 0.0470. The number of nitrogens with one attached hydrogen (secondary N) is 1. The molecule has 6 heteroatoms. The van der Waals surface area contributed by atoms with Crippen molar-refractivity contribution in [3.8, 4) is 0 Å². The molecule has 0 saturated carbocycles. The van der Waals surface area contributed by atoms with Gasteiger partial charge in [-0.05, 0) is 57.0 Å². The van der Waals surface area contributed by atoms with E-state index in [0.717, 1.165) is 38.2 Å². The predicted molar refractivity (Wildman–Crippen MR) is 110 cm³/mol. The maximum Gasteiger partial charge on any atom is 0.317 e. The predicted octanol–water partition coefficient (Wildman–Crippen LogP) is 2.52. The second-order valence-electron chi connectivity index (χ2n) is 8.14. The van der Waals surface area contributed by atoms with Gasteiger partial charge in [0.05, 0.1) is 5.52 Å². The van der Waals surface area contributed by atoms with E-state index in [9.17, 15) is 4.79 Å². The van der Waals surface area contributed by atoms with Gasteiger partial charge in [-0.1, -0.05) is 0 Å². The molecule has 0 spiro atoms. The minimum Gasteiger partial charge on any atom is -0.399 e. The number of anilines is 1. The zero-order valence-electron chi connectivity index (χ0n) is 16.8.